The first-order chi connectivity index (χ1) is 16.1. The zero-order valence-electron chi connectivity index (χ0n) is 18.7. The SMILES string of the molecule is COc1cc(N2CCN(C(=O)NCc3cc4ccccc4s3)CC2)ccc1-n1cnc(C)n1. The van der Waals surface area contributed by atoms with Crippen molar-refractivity contribution in [3.8, 4) is 11.4 Å². The second kappa shape index (κ2) is 9.11. The molecule has 2 aromatic heterocycles. The predicted octanol–water partition coefficient (Wildman–Crippen LogP) is 3.83. The number of nitrogens with zero attached hydrogens (tertiary/aromatic N) is 5. The van der Waals surface area contributed by atoms with E-state index in [1.165, 1.54) is 10.1 Å². The molecule has 0 atom stereocenters. The van der Waals surface area contributed by atoms with E-state index in [0.717, 1.165) is 35.1 Å². The molecule has 2 aromatic carbocycles. The van der Waals surface area contributed by atoms with Gasteiger partial charge in [0.15, 0.2) is 0 Å². The van der Waals surface area contributed by atoms with E-state index >= 15 is 0 Å². The van der Waals surface area contributed by atoms with Crippen LogP contribution < -0.4 is 15.0 Å². The monoisotopic (exact) mass is 462 g/mol. The van der Waals surface area contributed by atoms with Crippen LogP contribution in [0.15, 0.2) is 54.9 Å². The summed E-state index contributed by atoms with van der Waals surface area (Å²) in [5.74, 6) is 1.45. The van der Waals surface area contributed by atoms with Crippen molar-refractivity contribution >= 4 is 33.1 Å². The summed E-state index contributed by atoms with van der Waals surface area (Å²) in [7, 11) is 1.66. The van der Waals surface area contributed by atoms with Crippen molar-refractivity contribution in [1.29, 1.82) is 0 Å². The van der Waals surface area contributed by atoms with Gasteiger partial charge in [-0.05, 0) is 36.6 Å². The number of piperazine rings is 1. The number of hydrogen-bond acceptors (Lipinski definition) is 6. The maximum Gasteiger partial charge on any atom is 0.317 e. The van der Waals surface area contributed by atoms with E-state index < -0.39 is 0 Å². The average Bonchev–Trinajstić information content (AvgIpc) is 3.48. The van der Waals surface area contributed by atoms with Gasteiger partial charge in [-0.2, -0.15) is 5.10 Å². The van der Waals surface area contributed by atoms with Gasteiger partial charge in [0, 0.05) is 47.5 Å². The summed E-state index contributed by atoms with van der Waals surface area (Å²) < 4.78 is 8.57. The number of aryl methyl sites for hydroxylation is 1. The van der Waals surface area contributed by atoms with Gasteiger partial charge in [0.05, 0.1) is 13.7 Å². The predicted molar refractivity (Wildman–Crippen MR) is 130 cm³/mol. The standard InChI is InChI=1S/C24H26N6O2S/c1-17-26-16-30(27-17)21-8-7-19(14-22(21)32-2)28-9-11-29(12-10-28)24(31)25-15-20-13-18-5-3-4-6-23(18)33-20/h3-8,13-14,16H,9-12,15H2,1-2H3,(H,25,31). The van der Waals surface area contributed by atoms with E-state index in [-0.39, 0.29) is 6.03 Å². The van der Waals surface area contributed by atoms with Crippen LogP contribution >= 0.6 is 11.3 Å². The zero-order chi connectivity index (χ0) is 22.8. The second-order valence-electron chi connectivity index (χ2n) is 7.98. The number of urea groups is 1. The highest BCUT2D eigenvalue weighted by Gasteiger charge is 2.22. The normalized spacial score (nSPS) is 14.0. The largest absolute Gasteiger partial charge is 0.494 e. The van der Waals surface area contributed by atoms with Gasteiger partial charge in [-0.25, -0.2) is 14.5 Å². The molecule has 0 aliphatic carbocycles. The Balaban J connectivity index is 1.18. The van der Waals surface area contributed by atoms with Crippen LogP contribution in [0, 0.1) is 6.92 Å². The maximum absolute atomic E-state index is 12.7. The fourth-order valence-electron chi connectivity index (χ4n) is 4.08. The molecular formula is C24H26N6O2S. The Bertz CT molecular complexity index is 1240. The van der Waals surface area contributed by atoms with Crippen molar-refractivity contribution in [2.24, 2.45) is 0 Å². The number of anilines is 1. The number of benzene rings is 2. The molecule has 4 aromatic rings. The van der Waals surface area contributed by atoms with E-state index in [1.807, 2.05) is 36.1 Å². The summed E-state index contributed by atoms with van der Waals surface area (Å²) in [4.78, 5) is 22.2. The lowest BCUT2D eigenvalue weighted by Crippen LogP contribution is -2.51. The fourth-order valence-corrected chi connectivity index (χ4v) is 5.08. The first kappa shape index (κ1) is 21.3. The number of nitrogens with one attached hydrogen (secondary N) is 1. The Kier molecular flexibility index (Phi) is 5.87. The van der Waals surface area contributed by atoms with E-state index in [2.05, 4.69) is 44.6 Å². The topological polar surface area (TPSA) is 75.5 Å². The minimum atomic E-state index is -0.0124. The average molecular weight is 463 g/mol. The molecule has 0 saturated carbocycles. The number of hydrogen-bond donors (Lipinski definition) is 1. The first-order valence-corrected chi connectivity index (χ1v) is 11.7. The molecule has 3 heterocycles. The molecule has 9 heteroatoms. The quantitative estimate of drug-likeness (QED) is 0.488. The number of fused-ring (bicyclic) bond motifs is 1. The number of rotatable bonds is 5. The molecule has 0 spiro atoms. The number of carbonyl (C=O) groups is 1. The van der Waals surface area contributed by atoms with Crippen LogP contribution in [0.4, 0.5) is 10.5 Å². The van der Waals surface area contributed by atoms with Crippen LogP contribution in [0.25, 0.3) is 15.8 Å². The van der Waals surface area contributed by atoms with E-state index in [1.54, 1.807) is 29.5 Å². The minimum absolute atomic E-state index is 0.0124. The summed E-state index contributed by atoms with van der Waals surface area (Å²) in [5, 5.41) is 8.67. The van der Waals surface area contributed by atoms with Gasteiger partial charge in [-0.1, -0.05) is 18.2 Å². The van der Waals surface area contributed by atoms with Gasteiger partial charge in [-0.15, -0.1) is 11.3 Å². The lowest BCUT2D eigenvalue weighted by molar-refractivity contribution is 0.194. The van der Waals surface area contributed by atoms with Gasteiger partial charge in [0.25, 0.3) is 0 Å². The van der Waals surface area contributed by atoms with Gasteiger partial charge >= 0.3 is 6.03 Å². The van der Waals surface area contributed by atoms with Crippen molar-refractivity contribution in [1.82, 2.24) is 25.0 Å². The highest BCUT2D eigenvalue weighted by molar-refractivity contribution is 7.19. The lowest BCUT2D eigenvalue weighted by Gasteiger charge is -2.36. The summed E-state index contributed by atoms with van der Waals surface area (Å²) in [5.41, 5.74) is 1.92. The summed E-state index contributed by atoms with van der Waals surface area (Å²) in [6, 6.07) is 16.5. The number of amides is 2. The van der Waals surface area contributed by atoms with Crippen LogP contribution in [0.2, 0.25) is 0 Å². The number of methoxy groups -OCH3 is 1. The fraction of sp³-hybridized carbons (Fsp3) is 0.292. The molecular weight excluding hydrogens is 436 g/mol. The Morgan fingerprint density at radius 2 is 1.94 bits per heavy atom. The Labute approximate surface area is 196 Å². The summed E-state index contributed by atoms with van der Waals surface area (Å²) in [6.45, 7) is 5.28. The highest BCUT2D eigenvalue weighted by Crippen LogP contribution is 2.29. The third-order valence-electron chi connectivity index (χ3n) is 5.84. The maximum atomic E-state index is 12.7. The van der Waals surface area contributed by atoms with Crippen molar-refractivity contribution in [2.75, 3.05) is 38.2 Å². The second-order valence-corrected chi connectivity index (χ2v) is 9.14. The molecule has 33 heavy (non-hydrogen) atoms. The molecule has 0 radical (unpaired) electrons. The summed E-state index contributed by atoms with van der Waals surface area (Å²) >= 11 is 1.72. The molecule has 0 bridgehead atoms. The number of thiophene rings is 1. The first-order valence-electron chi connectivity index (χ1n) is 10.9. The molecule has 1 N–H and O–H groups in total. The van der Waals surface area contributed by atoms with Crippen LogP contribution in [0.3, 0.4) is 0 Å². The van der Waals surface area contributed by atoms with E-state index in [0.29, 0.717) is 25.5 Å². The Hall–Kier alpha value is -3.59. The molecule has 5 rings (SSSR count). The van der Waals surface area contributed by atoms with Gasteiger partial charge in [-0.3, -0.25) is 0 Å². The van der Waals surface area contributed by atoms with Crippen molar-refractivity contribution in [2.45, 2.75) is 13.5 Å². The van der Waals surface area contributed by atoms with Crippen LogP contribution in [-0.2, 0) is 6.54 Å². The van der Waals surface area contributed by atoms with Gasteiger partial charge in [0.2, 0.25) is 0 Å². The Morgan fingerprint density at radius 3 is 2.67 bits per heavy atom. The van der Waals surface area contributed by atoms with Gasteiger partial charge < -0.3 is 19.9 Å². The number of aromatic nitrogens is 3. The third-order valence-corrected chi connectivity index (χ3v) is 6.96. The molecule has 170 valence electrons. The lowest BCUT2D eigenvalue weighted by atomic mass is 10.2. The van der Waals surface area contributed by atoms with E-state index in [9.17, 15) is 4.79 Å². The number of ether oxygens (including phenoxy) is 1. The van der Waals surface area contributed by atoms with Crippen molar-refractivity contribution < 1.29 is 9.53 Å². The molecule has 0 unspecified atom stereocenters. The molecule has 1 aliphatic heterocycles. The van der Waals surface area contributed by atoms with Gasteiger partial charge in [0.1, 0.15) is 23.6 Å². The minimum Gasteiger partial charge on any atom is -0.494 e. The zero-order valence-corrected chi connectivity index (χ0v) is 19.5. The molecule has 1 saturated heterocycles. The third kappa shape index (κ3) is 4.49. The van der Waals surface area contributed by atoms with Crippen molar-refractivity contribution in [3.63, 3.8) is 0 Å². The molecule has 2 amide bonds. The molecule has 8 nitrogen and oxygen atoms in total. The highest BCUT2D eigenvalue weighted by atomic mass is 32.1. The smallest absolute Gasteiger partial charge is 0.317 e. The van der Waals surface area contributed by atoms with Crippen LogP contribution in [0.1, 0.15) is 10.7 Å². The number of carbonyl (C=O) groups excluding carboxylic acids is 1. The van der Waals surface area contributed by atoms with E-state index in [4.69, 9.17) is 4.74 Å². The van der Waals surface area contributed by atoms with Crippen molar-refractivity contribution in [3.05, 3.63) is 65.6 Å². The molecule has 1 fully saturated rings. The van der Waals surface area contributed by atoms with Crippen LogP contribution in [0.5, 0.6) is 5.75 Å². The van der Waals surface area contributed by atoms with Crippen LogP contribution in [-0.4, -0.2) is 59.0 Å². The Morgan fingerprint density at radius 1 is 1.12 bits per heavy atom. The molecule has 1 aliphatic rings. The summed E-state index contributed by atoms with van der Waals surface area (Å²) in [6.07, 6.45) is 1.68.